The topological polar surface area (TPSA) is 17.1 Å². The minimum Gasteiger partial charge on any atom is -0.287 e. The van der Waals surface area contributed by atoms with Crippen molar-refractivity contribution >= 4 is 33.7 Å². The number of thioether (sulfide) groups is 1. The van der Waals surface area contributed by atoms with Gasteiger partial charge < -0.3 is 0 Å². The van der Waals surface area contributed by atoms with E-state index in [9.17, 15) is 4.79 Å². The van der Waals surface area contributed by atoms with Crippen molar-refractivity contribution in [3.63, 3.8) is 0 Å². The molecule has 0 aliphatic carbocycles. The third-order valence-corrected chi connectivity index (χ3v) is 3.22. The van der Waals surface area contributed by atoms with Gasteiger partial charge in [-0.15, -0.1) is 0 Å². The van der Waals surface area contributed by atoms with Gasteiger partial charge in [0.25, 0.3) is 0 Å². The van der Waals surface area contributed by atoms with Crippen molar-refractivity contribution in [3.05, 3.63) is 48.5 Å². The van der Waals surface area contributed by atoms with Crippen molar-refractivity contribution in [2.75, 3.05) is 0 Å². The molecule has 0 saturated heterocycles. The molecule has 0 bridgehead atoms. The summed E-state index contributed by atoms with van der Waals surface area (Å²) in [5.74, 6) is 0. The molecule has 2 aromatic rings. The van der Waals surface area contributed by atoms with Gasteiger partial charge in [-0.1, -0.05) is 48.7 Å². The fraction of sp³-hybridized carbons (Fsp3) is 0.0714. The van der Waals surface area contributed by atoms with Crippen molar-refractivity contribution in [3.8, 4) is 0 Å². The highest BCUT2D eigenvalue weighted by Gasteiger charge is 2.04. The molecule has 2 heteroatoms. The first-order valence-corrected chi connectivity index (χ1v) is 5.86. The van der Waals surface area contributed by atoms with Crippen LogP contribution in [0.2, 0.25) is 0 Å². The van der Waals surface area contributed by atoms with Crippen molar-refractivity contribution in [2.45, 2.75) is 11.8 Å². The lowest BCUT2D eigenvalue weighted by atomic mass is 10.1. The van der Waals surface area contributed by atoms with Crippen LogP contribution in [0, 0.1) is 0 Å². The SMILES string of the molecule is C=Cc1ccc2c(SC(C)=O)cccc2c1. The average molecular weight is 228 g/mol. The van der Waals surface area contributed by atoms with E-state index in [0.717, 1.165) is 21.2 Å². The highest BCUT2D eigenvalue weighted by molar-refractivity contribution is 8.13. The molecule has 0 atom stereocenters. The largest absolute Gasteiger partial charge is 0.287 e. The molecule has 0 unspecified atom stereocenters. The van der Waals surface area contributed by atoms with Crippen LogP contribution in [-0.2, 0) is 4.79 Å². The Labute approximate surface area is 99.2 Å². The molecule has 0 aromatic heterocycles. The summed E-state index contributed by atoms with van der Waals surface area (Å²) in [4.78, 5) is 12.1. The summed E-state index contributed by atoms with van der Waals surface area (Å²) < 4.78 is 0. The first-order chi connectivity index (χ1) is 7.70. The zero-order chi connectivity index (χ0) is 11.5. The fourth-order valence-electron chi connectivity index (χ4n) is 1.64. The number of benzene rings is 2. The second kappa shape index (κ2) is 4.54. The Kier molecular flexibility index (Phi) is 3.11. The third-order valence-electron chi connectivity index (χ3n) is 2.35. The van der Waals surface area contributed by atoms with Crippen LogP contribution in [0.25, 0.3) is 16.8 Å². The summed E-state index contributed by atoms with van der Waals surface area (Å²) in [6.45, 7) is 5.33. The van der Waals surface area contributed by atoms with E-state index >= 15 is 0 Å². The predicted octanol–water partition coefficient (Wildman–Crippen LogP) is 4.12. The molecule has 0 spiro atoms. The summed E-state index contributed by atoms with van der Waals surface area (Å²) in [6.07, 6.45) is 1.82. The molecule has 0 aliphatic rings. The van der Waals surface area contributed by atoms with E-state index in [0.29, 0.717) is 0 Å². The summed E-state index contributed by atoms with van der Waals surface area (Å²) >= 11 is 1.28. The molecule has 0 radical (unpaired) electrons. The average Bonchev–Trinajstić information content (AvgIpc) is 2.28. The summed E-state index contributed by atoms with van der Waals surface area (Å²) in [5.41, 5.74) is 1.09. The van der Waals surface area contributed by atoms with Crippen molar-refractivity contribution in [1.82, 2.24) is 0 Å². The van der Waals surface area contributed by atoms with Crippen LogP contribution in [0.4, 0.5) is 0 Å². The number of fused-ring (bicyclic) bond motifs is 1. The number of carbonyl (C=O) groups is 1. The number of rotatable bonds is 2. The maximum absolute atomic E-state index is 11.1. The van der Waals surface area contributed by atoms with E-state index in [1.54, 1.807) is 6.92 Å². The normalized spacial score (nSPS) is 10.3. The molecule has 2 aromatic carbocycles. The van der Waals surface area contributed by atoms with Crippen molar-refractivity contribution < 1.29 is 4.79 Å². The molecule has 0 amide bonds. The standard InChI is InChI=1S/C14H12OS/c1-3-11-7-8-13-12(9-11)5-4-6-14(13)16-10(2)15/h3-9H,1H2,2H3. The highest BCUT2D eigenvalue weighted by atomic mass is 32.2. The summed E-state index contributed by atoms with van der Waals surface area (Å²) in [7, 11) is 0. The van der Waals surface area contributed by atoms with Gasteiger partial charge in [0.15, 0.2) is 5.12 Å². The summed E-state index contributed by atoms with van der Waals surface area (Å²) in [6, 6.07) is 12.1. The Morgan fingerprint density at radius 2 is 2.12 bits per heavy atom. The molecule has 80 valence electrons. The van der Waals surface area contributed by atoms with Crippen LogP contribution in [0.1, 0.15) is 12.5 Å². The lowest BCUT2D eigenvalue weighted by Gasteiger charge is -2.04. The minimum absolute atomic E-state index is 0.111. The Morgan fingerprint density at radius 1 is 1.31 bits per heavy atom. The molecule has 0 aliphatic heterocycles. The van der Waals surface area contributed by atoms with E-state index < -0.39 is 0 Å². The van der Waals surface area contributed by atoms with Gasteiger partial charge in [-0.05, 0) is 28.5 Å². The molecule has 16 heavy (non-hydrogen) atoms. The van der Waals surface area contributed by atoms with Gasteiger partial charge in [-0.3, -0.25) is 4.79 Å². The molecule has 0 saturated carbocycles. The molecule has 0 heterocycles. The maximum Gasteiger partial charge on any atom is 0.190 e. The lowest BCUT2D eigenvalue weighted by molar-refractivity contribution is -0.109. The fourth-order valence-corrected chi connectivity index (χ4v) is 2.40. The van der Waals surface area contributed by atoms with Gasteiger partial charge in [-0.2, -0.15) is 0 Å². The van der Waals surface area contributed by atoms with Gasteiger partial charge in [0, 0.05) is 11.8 Å². The van der Waals surface area contributed by atoms with Gasteiger partial charge in [0.1, 0.15) is 0 Å². The van der Waals surface area contributed by atoms with Crippen LogP contribution in [-0.4, -0.2) is 5.12 Å². The van der Waals surface area contributed by atoms with Crippen LogP contribution in [0.3, 0.4) is 0 Å². The molecule has 0 fully saturated rings. The van der Waals surface area contributed by atoms with E-state index in [-0.39, 0.29) is 5.12 Å². The summed E-state index contributed by atoms with van der Waals surface area (Å²) in [5, 5.41) is 2.37. The zero-order valence-corrected chi connectivity index (χ0v) is 9.88. The number of hydrogen-bond donors (Lipinski definition) is 0. The van der Waals surface area contributed by atoms with Crippen molar-refractivity contribution in [1.29, 1.82) is 0 Å². The number of carbonyl (C=O) groups excluding carboxylic acids is 1. The second-order valence-electron chi connectivity index (χ2n) is 3.53. The Bertz CT molecular complexity index is 558. The quantitative estimate of drug-likeness (QED) is 0.719. The van der Waals surface area contributed by atoms with Gasteiger partial charge >= 0.3 is 0 Å². The monoisotopic (exact) mass is 228 g/mol. The van der Waals surface area contributed by atoms with Crippen molar-refractivity contribution in [2.24, 2.45) is 0 Å². The molecule has 1 nitrogen and oxygen atoms in total. The van der Waals surface area contributed by atoms with Crippen LogP contribution >= 0.6 is 11.8 Å². The zero-order valence-electron chi connectivity index (χ0n) is 9.07. The minimum atomic E-state index is 0.111. The van der Waals surface area contributed by atoms with Crippen LogP contribution in [0.5, 0.6) is 0 Å². The Hall–Kier alpha value is -1.54. The second-order valence-corrected chi connectivity index (χ2v) is 4.75. The molecule has 0 N–H and O–H groups in total. The van der Waals surface area contributed by atoms with Gasteiger partial charge in [0.05, 0.1) is 0 Å². The highest BCUT2D eigenvalue weighted by Crippen LogP contribution is 2.29. The smallest absolute Gasteiger partial charge is 0.190 e. The third kappa shape index (κ3) is 2.17. The van der Waals surface area contributed by atoms with Crippen LogP contribution < -0.4 is 0 Å². The first-order valence-electron chi connectivity index (χ1n) is 5.04. The predicted molar refractivity (Wildman–Crippen MR) is 70.6 cm³/mol. The van der Waals surface area contributed by atoms with Gasteiger partial charge in [-0.25, -0.2) is 0 Å². The Balaban J connectivity index is 2.59. The number of hydrogen-bond acceptors (Lipinski definition) is 2. The van der Waals surface area contributed by atoms with E-state index in [4.69, 9.17) is 0 Å². The van der Waals surface area contributed by atoms with E-state index in [1.165, 1.54) is 11.8 Å². The maximum atomic E-state index is 11.1. The first kappa shape index (κ1) is 11.0. The lowest BCUT2D eigenvalue weighted by Crippen LogP contribution is -1.84. The van der Waals surface area contributed by atoms with E-state index in [2.05, 4.69) is 12.6 Å². The molecular weight excluding hydrogens is 216 g/mol. The van der Waals surface area contributed by atoms with E-state index in [1.807, 2.05) is 36.4 Å². The molecular formula is C14H12OS. The van der Waals surface area contributed by atoms with Crippen LogP contribution in [0.15, 0.2) is 47.9 Å². The Morgan fingerprint density at radius 3 is 2.81 bits per heavy atom. The van der Waals surface area contributed by atoms with Gasteiger partial charge in [0.2, 0.25) is 0 Å². The molecule has 2 rings (SSSR count).